The first-order chi connectivity index (χ1) is 9.33. The predicted molar refractivity (Wildman–Crippen MR) is 70.1 cm³/mol. The molecule has 0 aliphatic rings. The minimum absolute atomic E-state index is 0.214. The zero-order valence-corrected chi connectivity index (χ0v) is 9.98. The SMILES string of the molecule is N#CC(C#N)=NNc1ccccc1Cn1cccn1. The normalized spacial score (nSPS) is 9.16. The van der Waals surface area contributed by atoms with Crippen LogP contribution in [0, 0.1) is 22.7 Å². The number of rotatable bonds is 4. The Hall–Kier alpha value is -3.12. The van der Waals surface area contributed by atoms with Gasteiger partial charge in [0.15, 0.2) is 0 Å². The van der Waals surface area contributed by atoms with Crippen molar-refractivity contribution in [3.63, 3.8) is 0 Å². The molecule has 0 aliphatic carbocycles. The van der Waals surface area contributed by atoms with Gasteiger partial charge in [-0.05, 0) is 17.7 Å². The van der Waals surface area contributed by atoms with Gasteiger partial charge in [-0.3, -0.25) is 10.1 Å². The largest absolute Gasteiger partial charge is 0.276 e. The molecule has 0 saturated carbocycles. The first-order valence-corrected chi connectivity index (χ1v) is 5.52. The Morgan fingerprint density at radius 3 is 2.74 bits per heavy atom. The van der Waals surface area contributed by atoms with Gasteiger partial charge in [0.2, 0.25) is 5.71 Å². The molecule has 0 spiro atoms. The molecule has 1 N–H and O–H groups in total. The minimum Gasteiger partial charge on any atom is -0.276 e. The van der Waals surface area contributed by atoms with Crippen LogP contribution in [0.1, 0.15) is 5.56 Å². The summed E-state index contributed by atoms with van der Waals surface area (Å²) in [6.07, 6.45) is 3.56. The van der Waals surface area contributed by atoms with Crippen LogP contribution in [0.15, 0.2) is 47.8 Å². The van der Waals surface area contributed by atoms with E-state index in [2.05, 4.69) is 15.6 Å². The molecule has 19 heavy (non-hydrogen) atoms. The minimum atomic E-state index is -0.214. The van der Waals surface area contributed by atoms with E-state index in [-0.39, 0.29) is 5.71 Å². The molecule has 0 saturated heterocycles. The van der Waals surface area contributed by atoms with E-state index in [1.54, 1.807) is 23.0 Å². The molecule has 1 aromatic heterocycles. The van der Waals surface area contributed by atoms with Gasteiger partial charge in [-0.1, -0.05) is 18.2 Å². The second kappa shape index (κ2) is 5.99. The smallest absolute Gasteiger partial charge is 0.237 e. The average molecular weight is 250 g/mol. The summed E-state index contributed by atoms with van der Waals surface area (Å²) in [4.78, 5) is 0. The van der Waals surface area contributed by atoms with Crippen LogP contribution in [0.3, 0.4) is 0 Å². The molecule has 0 radical (unpaired) electrons. The number of nitrogens with one attached hydrogen (secondary N) is 1. The van der Waals surface area contributed by atoms with E-state index in [0.717, 1.165) is 11.3 Å². The number of hydrogen-bond acceptors (Lipinski definition) is 5. The Balaban J connectivity index is 2.20. The number of anilines is 1. The van der Waals surface area contributed by atoms with Gasteiger partial charge in [0.25, 0.3) is 0 Å². The lowest BCUT2D eigenvalue weighted by molar-refractivity contribution is 0.687. The first kappa shape index (κ1) is 12.3. The molecule has 2 rings (SSSR count). The molecular weight excluding hydrogens is 240 g/mol. The summed E-state index contributed by atoms with van der Waals surface area (Å²) in [6.45, 7) is 0.583. The lowest BCUT2D eigenvalue weighted by Crippen LogP contribution is -2.04. The van der Waals surface area contributed by atoms with Crippen LogP contribution in [0.4, 0.5) is 5.69 Å². The van der Waals surface area contributed by atoms with Crippen molar-refractivity contribution < 1.29 is 0 Å². The maximum Gasteiger partial charge on any atom is 0.237 e. The van der Waals surface area contributed by atoms with Crippen molar-refractivity contribution in [1.82, 2.24) is 9.78 Å². The Morgan fingerprint density at radius 2 is 2.05 bits per heavy atom. The van der Waals surface area contributed by atoms with Crippen molar-refractivity contribution in [2.45, 2.75) is 6.54 Å². The Kier molecular flexibility index (Phi) is 3.89. The van der Waals surface area contributed by atoms with E-state index < -0.39 is 0 Å². The summed E-state index contributed by atoms with van der Waals surface area (Å²) in [7, 11) is 0. The number of aromatic nitrogens is 2. The molecule has 0 amide bonds. The molecule has 1 aromatic carbocycles. The average Bonchev–Trinajstić information content (AvgIpc) is 2.94. The molecule has 1 heterocycles. The summed E-state index contributed by atoms with van der Waals surface area (Å²) in [5.74, 6) is 0. The second-order valence-electron chi connectivity index (χ2n) is 3.66. The Morgan fingerprint density at radius 1 is 1.26 bits per heavy atom. The molecule has 6 nitrogen and oxygen atoms in total. The topological polar surface area (TPSA) is 89.8 Å². The van der Waals surface area contributed by atoms with E-state index in [4.69, 9.17) is 10.5 Å². The second-order valence-corrected chi connectivity index (χ2v) is 3.66. The van der Waals surface area contributed by atoms with Gasteiger partial charge >= 0.3 is 0 Å². The molecule has 0 fully saturated rings. The molecule has 2 aromatic rings. The van der Waals surface area contributed by atoms with Gasteiger partial charge in [-0.2, -0.15) is 20.7 Å². The van der Waals surface area contributed by atoms with Gasteiger partial charge in [0, 0.05) is 12.4 Å². The van der Waals surface area contributed by atoms with E-state index in [1.807, 2.05) is 36.5 Å². The third-order valence-electron chi connectivity index (χ3n) is 2.41. The van der Waals surface area contributed by atoms with Crippen molar-refractivity contribution in [3.8, 4) is 12.1 Å². The van der Waals surface area contributed by atoms with Crippen LogP contribution in [0.2, 0.25) is 0 Å². The lowest BCUT2D eigenvalue weighted by atomic mass is 10.2. The van der Waals surface area contributed by atoms with Gasteiger partial charge in [0.1, 0.15) is 12.1 Å². The summed E-state index contributed by atoms with van der Waals surface area (Å²) >= 11 is 0. The standard InChI is InChI=1S/C13H10N6/c14-8-12(9-15)17-18-13-5-2-1-4-11(13)10-19-7-3-6-16-19/h1-7,18H,10H2. The van der Waals surface area contributed by atoms with Crippen LogP contribution in [0.5, 0.6) is 0 Å². The maximum absolute atomic E-state index is 8.62. The van der Waals surface area contributed by atoms with E-state index >= 15 is 0 Å². The van der Waals surface area contributed by atoms with E-state index in [1.165, 1.54) is 0 Å². The summed E-state index contributed by atoms with van der Waals surface area (Å²) < 4.78 is 1.78. The van der Waals surface area contributed by atoms with Gasteiger partial charge in [-0.25, -0.2) is 0 Å². The molecule has 6 heteroatoms. The van der Waals surface area contributed by atoms with Crippen LogP contribution in [-0.4, -0.2) is 15.5 Å². The molecule has 0 bridgehead atoms. The van der Waals surface area contributed by atoms with Crippen LogP contribution in [-0.2, 0) is 6.54 Å². The highest BCUT2D eigenvalue weighted by molar-refractivity contribution is 6.10. The maximum atomic E-state index is 8.62. The predicted octanol–water partition coefficient (Wildman–Crippen LogP) is 1.75. The number of para-hydroxylation sites is 1. The summed E-state index contributed by atoms with van der Waals surface area (Å²) in [6, 6.07) is 12.7. The van der Waals surface area contributed by atoms with Crippen LogP contribution < -0.4 is 5.43 Å². The molecule has 92 valence electrons. The van der Waals surface area contributed by atoms with Gasteiger partial charge < -0.3 is 0 Å². The quantitative estimate of drug-likeness (QED) is 0.661. The van der Waals surface area contributed by atoms with Crippen molar-refractivity contribution in [3.05, 3.63) is 48.3 Å². The van der Waals surface area contributed by atoms with E-state index in [9.17, 15) is 0 Å². The number of nitrogens with zero attached hydrogens (tertiary/aromatic N) is 5. The fraction of sp³-hybridized carbons (Fsp3) is 0.0769. The highest BCUT2D eigenvalue weighted by atomic mass is 15.3. The lowest BCUT2D eigenvalue weighted by Gasteiger charge is -2.08. The number of nitriles is 2. The third-order valence-corrected chi connectivity index (χ3v) is 2.41. The Bertz CT molecular complexity index is 641. The number of hydrogen-bond donors (Lipinski definition) is 1. The molecule has 0 unspecified atom stereocenters. The molecule has 0 atom stereocenters. The zero-order valence-electron chi connectivity index (χ0n) is 9.98. The Labute approximate surface area is 110 Å². The first-order valence-electron chi connectivity index (χ1n) is 5.52. The van der Waals surface area contributed by atoms with Crippen molar-refractivity contribution in [2.75, 3.05) is 5.43 Å². The number of hydrazone groups is 1. The van der Waals surface area contributed by atoms with Gasteiger partial charge in [-0.15, -0.1) is 0 Å². The van der Waals surface area contributed by atoms with Crippen LogP contribution in [0.25, 0.3) is 0 Å². The highest BCUT2D eigenvalue weighted by Crippen LogP contribution is 2.16. The fourth-order valence-corrected chi connectivity index (χ4v) is 1.53. The number of benzene rings is 1. The zero-order chi connectivity index (χ0) is 13.5. The monoisotopic (exact) mass is 250 g/mol. The fourth-order valence-electron chi connectivity index (χ4n) is 1.53. The van der Waals surface area contributed by atoms with Crippen LogP contribution >= 0.6 is 0 Å². The van der Waals surface area contributed by atoms with Crippen molar-refractivity contribution in [1.29, 1.82) is 10.5 Å². The molecule has 0 aliphatic heterocycles. The molecular formula is C13H10N6. The summed E-state index contributed by atoms with van der Waals surface area (Å²) in [5, 5.41) is 25.1. The third kappa shape index (κ3) is 3.18. The van der Waals surface area contributed by atoms with E-state index in [0.29, 0.717) is 6.54 Å². The highest BCUT2D eigenvalue weighted by Gasteiger charge is 2.02. The van der Waals surface area contributed by atoms with Crippen molar-refractivity contribution >= 4 is 11.4 Å². The van der Waals surface area contributed by atoms with Gasteiger partial charge in [0.05, 0.1) is 12.2 Å². The summed E-state index contributed by atoms with van der Waals surface area (Å²) in [5.41, 5.74) is 4.22. The van der Waals surface area contributed by atoms with Crippen molar-refractivity contribution in [2.24, 2.45) is 5.10 Å².